The van der Waals surface area contributed by atoms with Crippen molar-refractivity contribution in [1.82, 2.24) is 5.32 Å². The zero-order valence-electron chi connectivity index (χ0n) is 9.92. The van der Waals surface area contributed by atoms with Crippen LogP contribution in [0, 0.1) is 5.92 Å². The largest absolute Gasteiger partial charge is 0.496 e. The molecule has 2 heteroatoms. The third-order valence-corrected chi connectivity index (χ3v) is 2.65. The maximum atomic E-state index is 5.32. The SMILES string of the molecule is CNCC(C)CCc1ccccc1OC. The molecule has 0 aliphatic rings. The van der Waals surface area contributed by atoms with Crippen molar-refractivity contribution in [2.45, 2.75) is 19.8 Å². The summed E-state index contributed by atoms with van der Waals surface area (Å²) < 4.78 is 5.32. The predicted octanol–water partition coefficient (Wildman–Crippen LogP) is 2.48. The smallest absolute Gasteiger partial charge is 0.122 e. The van der Waals surface area contributed by atoms with Crippen molar-refractivity contribution >= 4 is 0 Å². The third kappa shape index (κ3) is 3.92. The second-order valence-electron chi connectivity index (χ2n) is 4.01. The van der Waals surface area contributed by atoms with E-state index in [1.807, 2.05) is 19.2 Å². The van der Waals surface area contributed by atoms with Gasteiger partial charge in [0.05, 0.1) is 7.11 Å². The first-order chi connectivity index (χ1) is 7.27. The van der Waals surface area contributed by atoms with Crippen molar-refractivity contribution in [3.63, 3.8) is 0 Å². The van der Waals surface area contributed by atoms with Crippen LogP contribution in [0.2, 0.25) is 0 Å². The van der Waals surface area contributed by atoms with Crippen LogP contribution in [-0.4, -0.2) is 20.7 Å². The van der Waals surface area contributed by atoms with Gasteiger partial charge < -0.3 is 10.1 Å². The molecule has 0 aliphatic heterocycles. The Morgan fingerprint density at radius 1 is 1.33 bits per heavy atom. The van der Waals surface area contributed by atoms with Crippen LogP contribution >= 0.6 is 0 Å². The molecule has 0 aliphatic carbocycles. The highest BCUT2D eigenvalue weighted by atomic mass is 16.5. The van der Waals surface area contributed by atoms with Crippen molar-refractivity contribution < 1.29 is 4.74 Å². The summed E-state index contributed by atoms with van der Waals surface area (Å²) in [5.41, 5.74) is 1.31. The van der Waals surface area contributed by atoms with E-state index >= 15 is 0 Å². The molecule has 1 rings (SSSR count). The topological polar surface area (TPSA) is 21.3 Å². The molecule has 0 aromatic heterocycles. The molecule has 1 aromatic carbocycles. The van der Waals surface area contributed by atoms with E-state index in [-0.39, 0.29) is 0 Å². The molecule has 1 atom stereocenters. The van der Waals surface area contributed by atoms with Gasteiger partial charge in [-0.2, -0.15) is 0 Å². The Bertz CT molecular complexity index is 286. The summed E-state index contributed by atoms with van der Waals surface area (Å²) in [6, 6.07) is 8.25. The monoisotopic (exact) mass is 207 g/mol. The lowest BCUT2D eigenvalue weighted by atomic mass is 10.0. The van der Waals surface area contributed by atoms with Gasteiger partial charge in [0.15, 0.2) is 0 Å². The van der Waals surface area contributed by atoms with Crippen molar-refractivity contribution in [2.75, 3.05) is 20.7 Å². The maximum Gasteiger partial charge on any atom is 0.122 e. The molecule has 0 bridgehead atoms. The van der Waals surface area contributed by atoms with Gasteiger partial charge in [-0.05, 0) is 44.0 Å². The van der Waals surface area contributed by atoms with Crippen LogP contribution in [0.5, 0.6) is 5.75 Å². The first-order valence-electron chi connectivity index (χ1n) is 5.54. The standard InChI is InChI=1S/C13H21NO/c1-11(10-14-2)8-9-12-6-4-5-7-13(12)15-3/h4-7,11,14H,8-10H2,1-3H3. The van der Waals surface area contributed by atoms with Crippen LogP contribution in [0.4, 0.5) is 0 Å². The zero-order chi connectivity index (χ0) is 11.1. The molecule has 1 N–H and O–H groups in total. The number of ether oxygens (including phenoxy) is 1. The fourth-order valence-corrected chi connectivity index (χ4v) is 1.76. The Morgan fingerprint density at radius 3 is 2.73 bits per heavy atom. The number of aryl methyl sites for hydroxylation is 1. The molecule has 1 aromatic rings. The van der Waals surface area contributed by atoms with Gasteiger partial charge in [0.2, 0.25) is 0 Å². The van der Waals surface area contributed by atoms with E-state index in [0.29, 0.717) is 5.92 Å². The molecule has 0 radical (unpaired) electrons. The highest BCUT2D eigenvalue weighted by Crippen LogP contribution is 2.20. The molecule has 0 saturated heterocycles. The quantitative estimate of drug-likeness (QED) is 0.773. The van der Waals surface area contributed by atoms with Crippen LogP contribution in [0.15, 0.2) is 24.3 Å². The van der Waals surface area contributed by atoms with E-state index < -0.39 is 0 Å². The second kappa shape index (κ2) is 6.46. The van der Waals surface area contributed by atoms with Gasteiger partial charge in [0.25, 0.3) is 0 Å². The third-order valence-electron chi connectivity index (χ3n) is 2.65. The second-order valence-corrected chi connectivity index (χ2v) is 4.01. The lowest BCUT2D eigenvalue weighted by Crippen LogP contribution is -2.16. The van der Waals surface area contributed by atoms with Crippen LogP contribution in [0.1, 0.15) is 18.9 Å². The molecule has 0 spiro atoms. The lowest BCUT2D eigenvalue weighted by Gasteiger charge is -2.12. The molecule has 84 valence electrons. The first-order valence-corrected chi connectivity index (χ1v) is 5.54. The normalized spacial score (nSPS) is 12.5. The van der Waals surface area contributed by atoms with E-state index in [1.54, 1.807) is 7.11 Å². The molecular weight excluding hydrogens is 186 g/mol. The van der Waals surface area contributed by atoms with Crippen LogP contribution < -0.4 is 10.1 Å². The van der Waals surface area contributed by atoms with E-state index in [4.69, 9.17) is 4.74 Å². The minimum absolute atomic E-state index is 0.708. The van der Waals surface area contributed by atoms with E-state index in [2.05, 4.69) is 24.4 Å². The number of methoxy groups -OCH3 is 1. The molecule has 2 nitrogen and oxygen atoms in total. The van der Waals surface area contributed by atoms with E-state index in [9.17, 15) is 0 Å². The fourth-order valence-electron chi connectivity index (χ4n) is 1.76. The summed E-state index contributed by atoms with van der Waals surface area (Å²) in [5, 5.41) is 3.20. The summed E-state index contributed by atoms with van der Waals surface area (Å²) in [5.74, 6) is 1.72. The van der Waals surface area contributed by atoms with Crippen LogP contribution in [0.3, 0.4) is 0 Å². The van der Waals surface area contributed by atoms with Crippen LogP contribution in [-0.2, 0) is 6.42 Å². The minimum atomic E-state index is 0.708. The van der Waals surface area contributed by atoms with Crippen LogP contribution in [0.25, 0.3) is 0 Å². The maximum absolute atomic E-state index is 5.32. The molecule has 0 saturated carbocycles. The number of hydrogen-bond acceptors (Lipinski definition) is 2. The Hall–Kier alpha value is -1.02. The molecule has 0 heterocycles. The minimum Gasteiger partial charge on any atom is -0.496 e. The van der Waals surface area contributed by atoms with Crippen molar-refractivity contribution in [3.05, 3.63) is 29.8 Å². The Kier molecular flexibility index (Phi) is 5.19. The van der Waals surface area contributed by atoms with Gasteiger partial charge in [-0.25, -0.2) is 0 Å². The van der Waals surface area contributed by atoms with Crippen molar-refractivity contribution in [2.24, 2.45) is 5.92 Å². The average molecular weight is 207 g/mol. The highest BCUT2D eigenvalue weighted by Gasteiger charge is 2.05. The Morgan fingerprint density at radius 2 is 2.07 bits per heavy atom. The molecular formula is C13H21NO. The van der Waals surface area contributed by atoms with Gasteiger partial charge in [-0.15, -0.1) is 0 Å². The van der Waals surface area contributed by atoms with Gasteiger partial charge in [-0.3, -0.25) is 0 Å². The average Bonchev–Trinajstić information content (AvgIpc) is 2.27. The molecule has 15 heavy (non-hydrogen) atoms. The number of rotatable bonds is 6. The summed E-state index contributed by atoms with van der Waals surface area (Å²) in [7, 11) is 3.73. The number of hydrogen-bond donors (Lipinski definition) is 1. The Balaban J connectivity index is 2.49. The fraction of sp³-hybridized carbons (Fsp3) is 0.538. The first kappa shape index (κ1) is 12.1. The highest BCUT2D eigenvalue weighted by molar-refractivity contribution is 5.33. The number of benzene rings is 1. The zero-order valence-corrected chi connectivity index (χ0v) is 9.92. The van der Waals surface area contributed by atoms with Gasteiger partial charge in [0, 0.05) is 0 Å². The van der Waals surface area contributed by atoms with Gasteiger partial charge in [0.1, 0.15) is 5.75 Å². The Labute approximate surface area is 92.6 Å². The van der Waals surface area contributed by atoms with Crippen molar-refractivity contribution in [3.8, 4) is 5.75 Å². The molecule has 1 unspecified atom stereocenters. The number of para-hydroxylation sites is 1. The van der Waals surface area contributed by atoms with Crippen molar-refractivity contribution in [1.29, 1.82) is 0 Å². The lowest BCUT2D eigenvalue weighted by molar-refractivity contribution is 0.406. The number of nitrogens with one attached hydrogen (secondary N) is 1. The predicted molar refractivity (Wildman–Crippen MR) is 64.4 cm³/mol. The summed E-state index contributed by atoms with van der Waals surface area (Å²) in [6.07, 6.45) is 2.29. The molecule has 0 fully saturated rings. The van der Waals surface area contributed by atoms with E-state index in [1.165, 1.54) is 12.0 Å². The van der Waals surface area contributed by atoms with Gasteiger partial charge in [-0.1, -0.05) is 25.1 Å². The van der Waals surface area contributed by atoms with E-state index in [0.717, 1.165) is 18.7 Å². The summed E-state index contributed by atoms with van der Waals surface area (Å²) in [4.78, 5) is 0. The van der Waals surface area contributed by atoms with Gasteiger partial charge >= 0.3 is 0 Å². The molecule has 0 amide bonds. The summed E-state index contributed by atoms with van der Waals surface area (Å²) >= 11 is 0. The summed E-state index contributed by atoms with van der Waals surface area (Å²) in [6.45, 7) is 3.35.